The molecule has 0 aliphatic heterocycles. The van der Waals surface area contributed by atoms with Crippen LogP contribution in [0.25, 0.3) is 10.1 Å². The van der Waals surface area contributed by atoms with Gasteiger partial charge in [0.05, 0.1) is 5.51 Å². The predicted octanol–water partition coefficient (Wildman–Crippen LogP) is 3.86. The zero-order chi connectivity index (χ0) is 12.4. The van der Waals surface area contributed by atoms with Gasteiger partial charge in [0.15, 0.2) is 0 Å². The average molecular weight is 274 g/mol. The van der Waals surface area contributed by atoms with E-state index in [0.29, 0.717) is 6.04 Å². The zero-order valence-corrected chi connectivity index (χ0v) is 11.7. The number of fused-ring (bicyclic) bond motifs is 1. The van der Waals surface area contributed by atoms with Gasteiger partial charge in [0.25, 0.3) is 0 Å². The van der Waals surface area contributed by atoms with E-state index in [2.05, 4.69) is 39.9 Å². The molecule has 4 heteroatoms. The third kappa shape index (κ3) is 2.19. The fourth-order valence-electron chi connectivity index (χ4n) is 2.18. The molecule has 1 unspecified atom stereocenters. The molecule has 0 fully saturated rings. The van der Waals surface area contributed by atoms with Crippen LogP contribution in [0.4, 0.5) is 0 Å². The van der Waals surface area contributed by atoms with E-state index < -0.39 is 0 Å². The van der Waals surface area contributed by atoms with Crippen LogP contribution in [0.15, 0.2) is 41.4 Å². The van der Waals surface area contributed by atoms with Crippen LogP contribution in [-0.4, -0.2) is 12.0 Å². The molecule has 2 nitrogen and oxygen atoms in total. The number of rotatable bonds is 4. The van der Waals surface area contributed by atoms with Crippen molar-refractivity contribution in [1.29, 1.82) is 0 Å². The number of hydrogen-bond donors (Lipinski definition) is 1. The second-order valence-electron chi connectivity index (χ2n) is 4.20. The van der Waals surface area contributed by atoms with Gasteiger partial charge in [0.1, 0.15) is 0 Å². The van der Waals surface area contributed by atoms with E-state index in [-0.39, 0.29) is 0 Å². The molecule has 18 heavy (non-hydrogen) atoms. The van der Waals surface area contributed by atoms with Gasteiger partial charge in [-0.05, 0) is 29.4 Å². The van der Waals surface area contributed by atoms with Gasteiger partial charge in [0.2, 0.25) is 0 Å². The molecule has 0 aliphatic rings. The summed E-state index contributed by atoms with van der Waals surface area (Å²) in [7, 11) is 2.03. The number of aromatic nitrogens is 1. The summed E-state index contributed by atoms with van der Waals surface area (Å²) in [5, 5.41) is 7.06. The first-order chi connectivity index (χ1) is 8.88. The van der Waals surface area contributed by atoms with Crippen LogP contribution in [0.2, 0.25) is 0 Å². The van der Waals surface area contributed by atoms with Crippen molar-refractivity contribution < 1.29 is 0 Å². The van der Waals surface area contributed by atoms with Crippen molar-refractivity contribution in [2.24, 2.45) is 0 Å². The lowest BCUT2D eigenvalue weighted by molar-refractivity contribution is 0.602. The molecule has 0 saturated carbocycles. The van der Waals surface area contributed by atoms with Crippen LogP contribution in [0, 0.1) is 0 Å². The highest BCUT2D eigenvalue weighted by molar-refractivity contribution is 7.17. The lowest BCUT2D eigenvalue weighted by Crippen LogP contribution is -2.17. The number of nitrogens with one attached hydrogen (secondary N) is 1. The normalized spacial score (nSPS) is 12.9. The van der Waals surface area contributed by atoms with E-state index in [0.717, 1.165) is 6.42 Å². The molecule has 0 radical (unpaired) electrons. The first-order valence-corrected chi connectivity index (χ1v) is 7.65. The van der Waals surface area contributed by atoms with Crippen molar-refractivity contribution in [3.05, 3.63) is 51.8 Å². The Hall–Kier alpha value is -1.23. The van der Waals surface area contributed by atoms with E-state index in [1.807, 2.05) is 30.1 Å². The monoisotopic (exact) mass is 274 g/mol. The molecule has 0 amide bonds. The van der Waals surface area contributed by atoms with E-state index in [1.54, 1.807) is 11.3 Å². The fourth-order valence-corrected chi connectivity index (χ4v) is 3.84. The molecule has 3 aromatic rings. The third-order valence-electron chi connectivity index (χ3n) is 3.12. The standard InChI is InChI=1S/C14H14N2S2/c1-15-13(6-10-7-16-9-18-10)12-8-17-14-5-3-2-4-11(12)14/h2-5,7-9,13,15H,6H2,1H3. The maximum atomic E-state index is 4.15. The second-order valence-corrected chi connectivity index (χ2v) is 6.08. The van der Waals surface area contributed by atoms with Crippen LogP contribution in [0.1, 0.15) is 16.5 Å². The van der Waals surface area contributed by atoms with Gasteiger partial charge in [0, 0.05) is 28.2 Å². The molecule has 92 valence electrons. The smallest absolute Gasteiger partial charge is 0.0794 e. The van der Waals surface area contributed by atoms with Crippen molar-refractivity contribution in [2.45, 2.75) is 12.5 Å². The van der Waals surface area contributed by atoms with Crippen molar-refractivity contribution in [1.82, 2.24) is 10.3 Å². The summed E-state index contributed by atoms with van der Waals surface area (Å²) < 4.78 is 1.36. The Morgan fingerprint density at radius 3 is 2.94 bits per heavy atom. The Morgan fingerprint density at radius 1 is 1.28 bits per heavy atom. The number of likely N-dealkylation sites (N-methyl/N-ethyl adjacent to an activating group) is 1. The molecule has 3 rings (SSSR count). The van der Waals surface area contributed by atoms with E-state index in [9.17, 15) is 0 Å². The van der Waals surface area contributed by atoms with Gasteiger partial charge in [-0.25, -0.2) is 0 Å². The highest BCUT2D eigenvalue weighted by atomic mass is 32.1. The number of nitrogens with zero attached hydrogens (tertiary/aromatic N) is 1. The highest BCUT2D eigenvalue weighted by Gasteiger charge is 2.15. The number of benzene rings is 1. The fraction of sp³-hybridized carbons (Fsp3) is 0.214. The van der Waals surface area contributed by atoms with Gasteiger partial charge in [-0.3, -0.25) is 4.98 Å². The molecule has 0 spiro atoms. The first kappa shape index (κ1) is 11.8. The van der Waals surface area contributed by atoms with Gasteiger partial charge < -0.3 is 5.32 Å². The number of thiophene rings is 1. The Kier molecular flexibility index (Phi) is 3.41. The Bertz CT molecular complexity index is 628. The maximum absolute atomic E-state index is 4.15. The largest absolute Gasteiger partial charge is 0.313 e. The van der Waals surface area contributed by atoms with Crippen LogP contribution >= 0.6 is 22.7 Å². The summed E-state index contributed by atoms with van der Waals surface area (Å²) in [5.41, 5.74) is 3.29. The van der Waals surface area contributed by atoms with Gasteiger partial charge in [-0.2, -0.15) is 0 Å². The van der Waals surface area contributed by atoms with Crippen LogP contribution in [0.5, 0.6) is 0 Å². The molecule has 0 aliphatic carbocycles. The predicted molar refractivity (Wildman–Crippen MR) is 79.4 cm³/mol. The minimum atomic E-state index is 0.363. The molecule has 1 aromatic carbocycles. The molecule has 0 bridgehead atoms. The highest BCUT2D eigenvalue weighted by Crippen LogP contribution is 2.32. The van der Waals surface area contributed by atoms with Crippen molar-refractivity contribution >= 4 is 32.8 Å². The van der Waals surface area contributed by atoms with Gasteiger partial charge in [-0.15, -0.1) is 22.7 Å². The summed E-state index contributed by atoms with van der Waals surface area (Å²) in [6.45, 7) is 0. The lowest BCUT2D eigenvalue weighted by Gasteiger charge is -2.14. The van der Waals surface area contributed by atoms with Gasteiger partial charge in [-0.1, -0.05) is 18.2 Å². The second kappa shape index (κ2) is 5.18. The van der Waals surface area contributed by atoms with Crippen LogP contribution in [-0.2, 0) is 6.42 Å². The molecular formula is C14H14N2S2. The number of hydrogen-bond acceptors (Lipinski definition) is 4. The summed E-state index contributed by atoms with van der Waals surface area (Å²) in [5.74, 6) is 0. The van der Waals surface area contributed by atoms with Crippen molar-refractivity contribution in [2.75, 3.05) is 7.05 Å². The van der Waals surface area contributed by atoms with E-state index in [1.165, 1.54) is 20.5 Å². The average Bonchev–Trinajstić information content (AvgIpc) is 3.05. The molecule has 2 aromatic heterocycles. The quantitative estimate of drug-likeness (QED) is 0.781. The SMILES string of the molecule is CNC(Cc1cncs1)c1csc2ccccc12. The van der Waals surface area contributed by atoms with Crippen LogP contribution in [0.3, 0.4) is 0 Å². The van der Waals surface area contributed by atoms with E-state index >= 15 is 0 Å². The van der Waals surface area contributed by atoms with Crippen molar-refractivity contribution in [3.8, 4) is 0 Å². The van der Waals surface area contributed by atoms with E-state index in [4.69, 9.17) is 0 Å². The molecule has 0 saturated heterocycles. The Labute approximate surface area is 114 Å². The first-order valence-electron chi connectivity index (χ1n) is 5.89. The summed E-state index contributed by atoms with van der Waals surface area (Å²) in [4.78, 5) is 5.47. The van der Waals surface area contributed by atoms with Crippen LogP contribution < -0.4 is 5.32 Å². The molecule has 1 atom stereocenters. The lowest BCUT2D eigenvalue weighted by atomic mass is 10.0. The van der Waals surface area contributed by atoms with Gasteiger partial charge >= 0.3 is 0 Å². The minimum Gasteiger partial charge on any atom is -0.313 e. The molecular weight excluding hydrogens is 260 g/mol. The summed E-state index contributed by atoms with van der Waals surface area (Å²) in [6.07, 6.45) is 2.96. The third-order valence-corrected chi connectivity index (χ3v) is 4.91. The zero-order valence-electron chi connectivity index (χ0n) is 10.1. The summed E-state index contributed by atoms with van der Waals surface area (Å²) in [6, 6.07) is 8.96. The minimum absolute atomic E-state index is 0.363. The topological polar surface area (TPSA) is 24.9 Å². The van der Waals surface area contributed by atoms with Crippen molar-refractivity contribution in [3.63, 3.8) is 0 Å². The summed E-state index contributed by atoms with van der Waals surface area (Å²) >= 11 is 3.54. The Balaban J connectivity index is 1.96. The maximum Gasteiger partial charge on any atom is 0.0794 e. The molecule has 2 heterocycles. The molecule has 1 N–H and O–H groups in total. The Morgan fingerprint density at radius 2 is 2.17 bits per heavy atom. The number of thiazole rings is 1.